The maximum Gasteiger partial charge on any atom is 0.338 e. The van der Waals surface area contributed by atoms with Gasteiger partial charge in [-0.3, -0.25) is 4.98 Å². The van der Waals surface area contributed by atoms with E-state index in [2.05, 4.69) is 18.8 Å². The first-order valence-electron chi connectivity index (χ1n) is 8.97. The molecule has 1 heterocycles. The number of aromatic nitrogens is 1. The Morgan fingerprint density at radius 2 is 1.77 bits per heavy atom. The number of pyridine rings is 1. The quantitative estimate of drug-likeness (QED) is 0.621. The second-order valence-corrected chi connectivity index (χ2v) is 6.56. The zero-order valence-corrected chi connectivity index (χ0v) is 15.9. The van der Waals surface area contributed by atoms with Gasteiger partial charge < -0.3 is 14.2 Å². The van der Waals surface area contributed by atoms with Gasteiger partial charge in [-0.05, 0) is 62.6 Å². The summed E-state index contributed by atoms with van der Waals surface area (Å²) in [5, 5.41) is 0. The lowest BCUT2D eigenvalue weighted by molar-refractivity contribution is 0.0526. The van der Waals surface area contributed by atoms with Crippen LogP contribution in [-0.2, 0) is 4.74 Å². The van der Waals surface area contributed by atoms with E-state index < -0.39 is 0 Å². The molecule has 0 saturated carbocycles. The van der Waals surface area contributed by atoms with Crippen molar-refractivity contribution in [1.29, 1.82) is 0 Å². The van der Waals surface area contributed by atoms with Crippen LogP contribution in [-0.4, -0.2) is 30.3 Å². The van der Waals surface area contributed by atoms with E-state index in [4.69, 9.17) is 14.2 Å². The Labute approximate surface area is 155 Å². The summed E-state index contributed by atoms with van der Waals surface area (Å²) in [6, 6.07) is 10.8. The molecule has 140 valence electrons. The normalized spacial score (nSPS) is 11.9. The third-order valence-electron chi connectivity index (χ3n) is 3.72. The van der Waals surface area contributed by atoms with Gasteiger partial charge in [-0.25, -0.2) is 4.79 Å². The zero-order chi connectivity index (χ0) is 18.9. The molecule has 0 radical (unpaired) electrons. The number of ether oxygens (including phenoxy) is 3. The van der Waals surface area contributed by atoms with E-state index in [-0.39, 0.29) is 12.1 Å². The lowest BCUT2D eigenvalue weighted by Gasteiger charge is -2.21. The number of carbonyl (C=O) groups is 1. The van der Waals surface area contributed by atoms with E-state index in [1.165, 1.54) is 0 Å². The maximum absolute atomic E-state index is 11.7. The molecule has 1 atom stereocenters. The lowest BCUT2D eigenvalue weighted by atomic mass is 10.1. The molecule has 0 bridgehead atoms. The highest BCUT2D eigenvalue weighted by Crippen LogP contribution is 2.18. The highest BCUT2D eigenvalue weighted by atomic mass is 16.5. The van der Waals surface area contributed by atoms with E-state index >= 15 is 0 Å². The molecule has 1 aromatic heterocycles. The largest absolute Gasteiger partial charge is 0.490 e. The number of rotatable bonds is 9. The van der Waals surface area contributed by atoms with Gasteiger partial charge in [-0.1, -0.05) is 13.8 Å². The number of benzene rings is 1. The fourth-order valence-electron chi connectivity index (χ4n) is 2.48. The number of carbonyl (C=O) groups excluding carboxylic acids is 1. The van der Waals surface area contributed by atoms with Crippen LogP contribution >= 0.6 is 0 Å². The standard InChI is InChI=1S/C21H27NO4/c1-5-24-21(23)17-7-10-18(11-8-17)25-14-20(12-15(2)3)26-19-9-6-16(4)22-13-19/h6-11,13,15,20H,5,12,14H2,1-4H3. The molecule has 0 N–H and O–H groups in total. The second kappa shape index (κ2) is 9.80. The molecule has 1 aromatic carbocycles. The van der Waals surface area contributed by atoms with Crippen LogP contribution in [0.1, 0.15) is 43.2 Å². The van der Waals surface area contributed by atoms with Crippen LogP contribution in [0.3, 0.4) is 0 Å². The van der Waals surface area contributed by atoms with Gasteiger partial charge in [-0.15, -0.1) is 0 Å². The molecule has 0 aliphatic rings. The fraction of sp³-hybridized carbons (Fsp3) is 0.429. The van der Waals surface area contributed by atoms with Crippen molar-refractivity contribution in [3.63, 3.8) is 0 Å². The van der Waals surface area contributed by atoms with Crippen molar-refractivity contribution in [3.8, 4) is 11.5 Å². The fourth-order valence-corrected chi connectivity index (χ4v) is 2.48. The molecule has 2 aromatic rings. The van der Waals surface area contributed by atoms with Crippen LogP contribution in [0, 0.1) is 12.8 Å². The van der Waals surface area contributed by atoms with Gasteiger partial charge in [-0.2, -0.15) is 0 Å². The maximum atomic E-state index is 11.7. The van der Waals surface area contributed by atoms with Crippen molar-refractivity contribution in [2.45, 2.75) is 40.2 Å². The SMILES string of the molecule is CCOC(=O)c1ccc(OCC(CC(C)C)Oc2ccc(C)nc2)cc1. The van der Waals surface area contributed by atoms with Crippen molar-refractivity contribution in [2.75, 3.05) is 13.2 Å². The predicted octanol–water partition coefficient (Wildman–Crippen LogP) is 4.44. The molecular weight excluding hydrogens is 330 g/mol. The first-order valence-corrected chi connectivity index (χ1v) is 8.97. The van der Waals surface area contributed by atoms with Crippen molar-refractivity contribution >= 4 is 5.97 Å². The van der Waals surface area contributed by atoms with Gasteiger partial charge in [0.15, 0.2) is 0 Å². The second-order valence-electron chi connectivity index (χ2n) is 6.56. The Balaban J connectivity index is 1.95. The molecule has 0 spiro atoms. The van der Waals surface area contributed by atoms with Crippen molar-refractivity contribution in [2.24, 2.45) is 5.92 Å². The molecule has 2 rings (SSSR count). The number of aryl methyl sites for hydroxylation is 1. The van der Waals surface area contributed by atoms with Gasteiger partial charge in [0.05, 0.1) is 18.4 Å². The third kappa shape index (κ3) is 6.39. The molecule has 0 aliphatic heterocycles. The Bertz CT molecular complexity index is 680. The van der Waals surface area contributed by atoms with Crippen molar-refractivity contribution in [3.05, 3.63) is 53.9 Å². The number of hydrogen-bond acceptors (Lipinski definition) is 5. The first-order chi connectivity index (χ1) is 12.5. The monoisotopic (exact) mass is 357 g/mol. The lowest BCUT2D eigenvalue weighted by Crippen LogP contribution is -2.26. The molecule has 5 heteroatoms. The summed E-state index contributed by atoms with van der Waals surface area (Å²) in [7, 11) is 0. The Morgan fingerprint density at radius 1 is 1.08 bits per heavy atom. The van der Waals surface area contributed by atoms with Crippen LogP contribution in [0.15, 0.2) is 42.6 Å². The van der Waals surface area contributed by atoms with Crippen LogP contribution in [0.25, 0.3) is 0 Å². The molecule has 26 heavy (non-hydrogen) atoms. The van der Waals surface area contributed by atoms with Gasteiger partial charge in [0, 0.05) is 5.69 Å². The number of esters is 1. The minimum absolute atomic E-state index is 0.0794. The topological polar surface area (TPSA) is 57.7 Å². The molecule has 1 unspecified atom stereocenters. The molecule has 0 saturated heterocycles. The molecule has 5 nitrogen and oxygen atoms in total. The van der Waals surface area contributed by atoms with Gasteiger partial charge in [0.25, 0.3) is 0 Å². The van der Waals surface area contributed by atoms with Crippen LogP contribution in [0.2, 0.25) is 0 Å². The Hall–Kier alpha value is -2.56. The van der Waals surface area contributed by atoms with Gasteiger partial charge in [0.2, 0.25) is 0 Å². The number of hydrogen-bond donors (Lipinski definition) is 0. The summed E-state index contributed by atoms with van der Waals surface area (Å²) in [5.74, 6) is 1.58. The van der Waals surface area contributed by atoms with Gasteiger partial charge >= 0.3 is 5.97 Å². The molecule has 0 aliphatic carbocycles. The first kappa shape index (κ1) is 19.8. The smallest absolute Gasteiger partial charge is 0.338 e. The van der Waals surface area contributed by atoms with Crippen molar-refractivity contribution < 1.29 is 19.0 Å². The van der Waals surface area contributed by atoms with E-state index in [0.717, 1.165) is 17.9 Å². The van der Waals surface area contributed by atoms with E-state index in [1.54, 1.807) is 37.4 Å². The summed E-state index contributed by atoms with van der Waals surface area (Å²) in [4.78, 5) is 15.9. The minimum Gasteiger partial charge on any atom is -0.490 e. The molecular formula is C21H27NO4. The minimum atomic E-state index is -0.327. The average molecular weight is 357 g/mol. The summed E-state index contributed by atoms with van der Waals surface area (Å²) in [6.45, 7) is 8.81. The average Bonchev–Trinajstić information content (AvgIpc) is 2.62. The summed E-state index contributed by atoms with van der Waals surface area (Å²) in [5.41, 5.74) is 1.47. The number of nitrogens with zero attached hydrogens (tertiary/aromatic N) is 1. The predicted molar refractivity (Wildman–Crippen MR) is 101 cm³/mol. The summed E-state index contributed by atoms with van der Waals surface area (Å²) in [6.07, 6.45) is 2.52. The van der Waals surface area contributed by atoms with Crippen LogP contribution in [0.4, 0.5) is 0 Å². The van der Waals surface area contributed by atoms with Gasteiger partial charge in [0.1, 0.15) is 24.2 Å². The highest BCUT2D eigenvalue weighted by Gasteiger charge is 2.15. The van der Waals surface area contributed by atoms with Crippen LogP contribution < -0.4 is 9.47 Å². The Morgan fingerprint density at radius 3 is 2.35 bits per heavy atom. The molecule has 0 fully saturated rings. The van der Waals surface area contributed by atoms with Crippen molar-refractivity contribution in [1.82, 2.24) is 4.98 Å². The zero-order valence-electron chi connectivity index (χ0n) is 15.9. The Kier molecular flexibility index (Phi) is 7.45. The highest BCUT2D eigenvalue weighted by molar-refractivity contribution is 5.89. The molecule has 0 amide bonds. The third-order valence-corrected chi connectivity index (χ3v) is 3.72. The van der Waals surface area contributed by atoms with E-state index in [9.17, 15) is 4.79 Å². The van der Waals surface area contributed by atoms with E-state index in [1.807, 2.05) is 19.1 Å². The summed E-state index contributed by atoms with van der Waals surface area (Å²) >= 11 is 0. The summed E-state index contributed by atoms with van der Waals surface area (Å²) < 4.78 is 16.9. The van der Waals surface area contributed by atoms with E-state index in [0.29, 0.717) is 30.4 Å². The van der Waals surface area contributed by atoms with Crippen LogP contribution in [0.5, 0.6) is 11.5 Å².